The molecule has 0 fully saturated rings. The Morgan fingerprint density at radius 1 is 0.377 bits per heavy atom. The number of nitrogens with zero attached hydrogens (tertiary/aromatic N) is 2. The molecule has 2 aromatic heterocycles. The van der Waals surface area contributed by atoms with E-state index in [0.717, 1.165) is 94.2 Å². The predicted molar refractivity (Wildman–Crippen MR) is 258 cm³/mol. The van der Waals surface area contributed by atoms with E-state index in [-0.39, 0.29) is 5.92 Å². The Hall–Kier alpha value is -7.30. The van der Waals surface area contributed by atoms with Gasteiger partial charge in [-0.25, -0.2) is 0 Å². The van der Waals surface area contributed by atoms with E-state index in [9.17, 15) is 0 Å². The Kier molecular flexibility index (Phi) is 8.54. The van der Waals surface area contributed by atoms with Gasteiger partial charge < -0.3 is 18.6 Å². The molecule has 0 saturated carbocycles. The lowest BCUT2D eigenvalue weighted by molar-refractivity contribution is 0.655. The van der Waals surface area contributed by atoms with Gasteiger partial charge in [0.1, 0.15) is 22.3 Å². The zero-order valence-electron chi connectivity index (χ0n) is 35.4. The molecule has 11 rings (SSSR count). The van der Waals surface area contributed by atoms with Crippen LogP contribution in [0.1, 0.15) is 47.6 Å². The third kappa shape index (κ3) is 5.96. The van der Waals surface area contributed by atoms with Crippen LogP contribution in [0.4, 0.5) is 34.1 Å². The summed E-state index contributed by atoms with van der Waals surface area (Å²) in [5.74, 6) is 0.195. The van der Waals surface area contributed by atoms with Gasteiger partial charge in [-0.05, 0) is 156 Å². The van der Waals surface area contributed by atoms with Crippen molar-refractivity contribution in [1.82, 2.24) is 0 Å². The molecule has 0 aliphatic carbocycles. The molecule has 0 aliphatic rings. The van der Waals surface area contributed by atoms with Gasteiger partial charge in [0, 0.05) is 61.2 Å². The highest BCUT2D eigenvalue weighted by molar-refractivity contribution is 6.20. The quantitative estimate of drug-likeness (QED) is 0.161. The van der Waals surface area contributed by atoms with Crippen LogP contribution < -0.4 is 9.80 Å². The maximum Gasteiger partial charge on any atom is 0.139 e. The maximum atomic E-state index is 6.96. The number of para-hydroxylation sites is 4. The smallest absolute Gasteiger partial charge is 0.139 e. The Morgan fingerprint density at radius 2 is 0.803 bits per heavy atom. The third-order valence-corrected chi connectivity index (χ3v) is 12.6. The van der Waals surface area contributed by atoms with Crippen molar-refractivity contribution in [2.45, 2.75) is 47.5 Å². The summed E-state index contributed by atoms with van der Waals surface area (Å²) in [6.45, 7) is 13.2. The first-order chi connectivity index (χ1) is 29.7. The largest absolute Gasteiger partial charge is 0.456 e. The Morgan fingerprint density at radius 3 is 1.25 bits per heavy atom. The highest BCUT2D eigenvalue weighted by atomic mass is 16.3. The first kappa shape index (κ1) is 36.8. The average Bonchev–Trinajstić information content (AvgIpc) is 3.80. The van der Waals surface area contributed by atoms with Gasteiger partial charge in [0.05, 0.1) is 0 Å². The standard InChI is InChI=1S/C57H46N2O2/c1-34(2)55-56-47-30-40-24-26-44(59(50-21-13-9-17-37(50)5)51-22-14-10-18-38(51)6)28-42(40)32-53(47)60-54(56)33-46-45-29-39-23-25-43(27-41(39)31-52(45)61-57(46)55)58(48-19-11-7-15-35(48)3)49-20-12-8-16-36(49)4/h7-34H,1-6H3. The molecule has 0 atom stereocenters. The zero-order chi connectivity index (χ0) is 41.5. The molecular formula is C57H46N2O2. The molecule has 0 N–H and O–H groups in total. The molecule has 11 aromatic rings. The summed E-state index contributed by atoms with van der Waals surface area (Å²) in [6, 6.07) is 59.2. The van der Waals surface area contributed by atoms with Crippen LogP contribution >= 0.6 is 0 Å². The van der Waals surface area contributed by atoms with Gasteiger partial charge in [-0.2, -0.15) is 0 Å². The van der Waals surface area contributed by atoms with E-state index in [4.69, 9.17) is 8.83 Å². The minimum Gasteiger partial charge on any atom is -0.456 e. The number of anilines is 6. The summed E-state index contributed by atoms with van der Waals surface area (Å²) in [7, 11) is 0. The van der Waals surface area contributed by atoms with Gasteiger partial charge in [-0.1, -0.05) is 98.8 Å². The molecular weight excluding hydrogens is 745 g/mol. The van der Waals surface area contributed by atoms with Crippen LogP contribution in [0.15, 0.2) is 173 Å². The van der Waals surface area contributed by atoms with Crippen molar-refractivity contribution in [3.63, 3.8) is 0 Å². The summed E-state index contributed by atoms with van der Waals surface area (Å²) in [5.41, 5.74) is 16.5. The van der Waals surface area contributed by atoms with Crippen molar-refractivity contribution in [2.75, 3.05) is 9.80 Å². The first-order valence-corrected chi connectivity index (χ1v) is 21.3. The number of hydrogen-bond acceptors (Lipinski definition) is 4. The van der Waals surface area contributed by atoms with E-state index in [1.165, 1.54) is 33.2 Å². The van der Waals surface area contributed by atoms with E-state index in [2.05, 4.69) is 215 Å². The van der Waals surface area contributed by atoms with Gasteiger partial charge in [-0.15, -0.1) is 0 Å². The molecule has 0 aliphatic heterocycles. The summed E-state index contributed by atoms with van der Waals surface area (Å²) in [5, 5.41) is 9.00. The highest BCUT2D eigenvalue weighted by Crippen LogP contribution is 2.47. The molecule has 4 nitrogen and oxygen atoms in total. The van der Waals surface area contributed by atoms with Crippen molar-refractivity contribution in [1.29, 1.82) is 0 Å². The highest BCUT2D eigenvalue weighted by Gasteiger charge is 2.24. The van der Waals surface area contributed by atoms with Crippen LogP contribution in [0.25, 0.3) is 65.4 Å². The fourth-order valence-electron chi connectivity index (χ4n) is 9.56. The van der Waals surface area contributed by atoms with Crippen LogP contribution in [0.3, 0.4) is 0 Å². The summed E-state index contributed by atoms with van der Waals surface area (Å²) >= 11 is 0. The number of aryl methyl sites for hydroxylation is 4. The number of fused-ring (bicyclic) bond motifs is 8. The van der Waals surface area contributed by atoms with Gasteiger partial charge in [0.25, 0.3) is 0 Å². The molecule has 0 saturated heterocycles. The first-order valence-electron chi connectivity index (χ1n) is 21.3. The molecule has 0 bridgehead atoms. The monoisotopic (exact) mass is 790 g/mol. The SMILES string of the molecule is Cc1ccccc1N(c1ccc2cc3c(cc2c1)oc1c(C(C)C)c2c(cc13)oc1cc3cc(N(c4ccccc4C)c4ccccc4C)ccc3cc12)c1ccccc1C. The number of hydrogen-bond donors (Lipinski definition) is 0. The Bertz CT molecular complexity index is 3330. The number of benzene rings is 9. The van der Waals surface area contributed by atoms with Crippen LogP contribution in [-0.4, -0.2) is 0 Å². The van der Waals surface area contributed by atoms with Gasteiger partial charge in [0.15, 0.2) is 0 Å². The lowest BCUT2D eigenvalue weighted by atomic mass is 9.93. The lowest BCUT2D eigenvalue weighted by Gasteiger charge is -2.28. The predicted octanol–water partition coefficient (Wildman–Crippen LogP) is 17.1. The number of furan rings is 2. The summed E-state index contributed by atoms with van der Waals surface area (Å²) in [4.78, 5) is 4.75. The third-order valence-electron chi connectivity index (χ3n) is 12.6. The topological polar surface area (TPSA) is 32.8 Å². The van der Waals surface area contributed by atoms with Crippen molar-refractivity contribution < 1.29 is 8.83 Å². The van der Waals surface area contributed by atoms with Crippen LogP contribution in [-0.2, 0) is 0 Å². The van der Waals surface area contributed by atoms with Gasteiger partial charge >= 0.3 is 0 Å². The van der Waals surface area contributed by atoms with E-state index in [1.54, 1.807) is 0 Å². The average molecular weight is 791 g/mol. The van der Waals surface area contributed by atoms with Crippen molar-refractivity contribution in [2.24, 2.45) is 0 Å². The number of rotatable bonds is 7. The maximum absolute atomic E-state index is 6.96. The lowest BCUT2D eigenvalue weighted by Crippen LogP contribution is -2.12. The summed E-state index contributed by atoms with van der Waals surface area (Å²) in [6.07, 6.45) is 0. The van der Waals surface area contributed by atoms with E-state index < -0.39 is 0 Å². The Balaban J connectivity index is 1.06. The second kappa shape index (κ2) is 14.2. The zero-order valence-corrected chi connectivity index (χ0v) is 35.4. The molecule has 9 aromatic carbocycles. The molecule has 2 heterocycles. The van der Waals surface area contributed by atoms with Crippen molar-refractivity contribution in [3.8, 4) is 0 Å². The molecule has 0 spiro atoms. The fraction of sp³-hybridized carbons (Fsp3) is 0.123. The van der Waals surface area contributed by atoms with Gasteiger partial charge in [-0.3, -0.25) is 0 Å². The normalized spacial score (nSPS) is 11.9. The van der Waals surface area contributed by atoms with Gasteiger partial charge in [0.2, 0.25) is 0 Å². The second-order valence-electron chi connectivity index (χ2n) is 17.0. The molecule has 0 radical (unpaired) electrons. The van der Waals surface area contributed by atoms with E-state index >= 15 is 0 Å². The fourth-order valence-corrected chi connectivity index (χ4v) is 9.56. The summed E-state index contributed by atoms with van der Waals surface area (Å²) < 4.78 is 13.8. The van der Waals surface area contributed by atoms with Crippen LogP contribution in [0.2, 0.25) is 0 Å². The van der Waals surface area contributed by atoms with Crippen molar-refractivity contribution in [3.05, 3.63) is 192 Å². The molecule has 296 valence electrons. The second-order valence-corrected chi connectivity index (χ2v) is 17.0. The Labute approximate surface area is 355 Å². The van der Waals surface area contributed by atoms with Crippen LogP contribution in [0, 0.1) is 27.7 Å². The molecule has 0 unspecified atom stereocenters. The molecule has 61 heavy (non-hydrogen) atoms. The molecule has 4 heteroatoms. The van der Waals surface area contributed by atoms with E-state index in [0.29, 0.717) is 0 Å². The van der Waals surface area contributed by atoms with E-state index in [1.807, 2.05) is 0 Å². The molecule has 0 amide bonds. The van der Waals surface area contributed by atoms with Crippen molar-refractivity contribution >= 4 is 99.5 Å². The minimum atomic E-state index is 0.195. The van der Waals surface area contributed by atoms with Crippen LogP contribution in [0.5, 0.6) is 0 Å². The minimum absolute atomic E-state index is 0.195.